The van der Waals surface area contributed by atoms with E-state index in [2.05, 4.69) is 31.0 Å². The van der Waals surface area contributed by atoms with Crippen LogP contribution in [0.1, 0.15) is 13.8 Å². The first-order valence-electron chi connectivity index (χ1n) is 8.86. The maximum absolute atomic E-state index is 6.56. The van der Waals surface area contributed by atoms with Gasteiger partial charge in [-0.05, 0) is 11.5 Å². The second-order valence-corrected chi connectivity index (χ2v) is 6.89. The van der Waals surface area contributed by atoms with Crippen molar-refractivity contribution in [2.75, 3.05) is 5.73 Å². The topological polar surface area (TPSA) is 55.9 Å². The van der Waals surface area contributed by atoms with Gasteiger partial charge in [-0.3, -0.25) is 0 Å². The fourth-order valence-corrected chi connectivity index (χ4v) is 3.29. The summed E-state index contributed by atoms with van der Waals surface area (Å²) in [5.74, 6) is 1.96. The molecule has 130 valence electrons. The van der Waals surface area contributed by atoms with Crippen molar-refractivity contribution < 1.29 is 8.98 Å². The predicted molar refractivity (Wildman–Crippen MR) is 104 cm³/mol. The molecule has 4 nitrogen and oxygen atoms in total. The Morgan fingerprint density at radius 1 is 0.962 bits per heavy atom. The number of benzene rings is 2. The molecule has 0 aliphatic carbocycles. The molecule has 0 aliphatic rings. The number of nitrogens with two attached hydrogens (primary N) is 1. The number of rotatable bonds is 4. The van der Waals surface area contributed by atoms with Crippen molar-refractivity contribution in [2.24, 2.45) is 5.92 Å². The van der Waals surface area contributed by atoms with Crippen LogP contribution in [0.2, 0.25) is 0 Å². The Kier molecular flexibility index (Phi) is 4.17. The normalized spacial score (nSPS) is 11.3. The van der Waals surface area contributed by atoms with Gasteiger partial charge in [0.25, 0.3) is 0 Å². The number of fused-ring (bicyclic) bond motifs is 1. The molecule has 4 rings (SSSR count). The minimum atomic E-state index is 0.474. The Labute approximate surface area is 152 Å². The molecule has 0 amide bonds. The minimum absolute atomic E-state index is 0.474. The molecule has 0 aliphatic heterocycles. The van der Waals surface area contributed by atoms with E-state index in [1.807, 2.05) is 53.1 Å². The molecule has 0 saturated heterocycles. The number of nitrogens with zero attached hydrogens (tertiary/aromatic N) is 2. The van der Waals surface area contributed by atoms with Crippen molar-refractivity contribution >= 4 is 16.9 Å². The Morgan fingerprint density at radius 3 is 2.19 bits per heavy atom. The van der Waals surface area contributed by atoms with Crippen LogP contribution in [0, 0.1) is 5.92 Å². The lowest BCUT2D eigenvalue weighted by Crippen LogP contribution is -2.39. The minimum Gasteiger partial charge on any atom is -0.425 e. The van der Waals surface area contributed by atoms with Gasteiger partial charge in [-0.1, -0.05) is 79.5 Å². The second kappa shape index (κ2) is 6.64. The van der Waals surface area contributed by atoms with Gasteiger partial charge in [0.2, 0.25) is 12.1 Å². The first-order chi connectivity index (χ1) is 12.6. The standard InChI is InChI=1S/C22H21N3O/c1-15(2)13-25-14-24-22-19(21(25)23)18(16-9-5-3-6-10-16)20(26-22)17-11-7-4-8-12-17/h3-12,14-15,23H,13H2,1-2H3/p+1. The van der Waals surface area contributed by atoms with Gasteiger partial charge in [0.05, 0.1) is 6.54 Å². The first-order valence-corrected chi connectivity index (χ1v) is 8.86. The van der Waals surface area contributed by atoms with Crippen LogP contribution >= 0.6 is 0 Å². The third-order valence-electron chi connectivity index (χ3n) is 4.43. The van der Waals surface area contributed by atoms with Gasteiger partial charge >= 0.3 is 5.71 Å². The lowest BCUT2D eigenvalue weighted by molar-refractivity contribution is -0.690. The summed E-state index contributed by atoms with van der Waals surface area (Å²) < 4.78 is 8.18. The van der Waals surface area contributed by atoms with Gasteiger partial charge in [0.1, 0.15) is 11.1 Å². The number of hydrogen-bond acceptors (Lipinski definition) is 3. The molecule has 0 unspecified atom stereocenters. The van der Waals surface area contributed by atoms with E-state index >= 15 is 0 Å². The highest BCUT2D eigenvalue weighted by Crippen LogP contribution is 2.41. The van der Waals surface area contributed by atoms with Crippen LogP contribution in [-0.2, 0) is 6.54 Å². The molecule has 0 bridgehead atoms. The summed E-state index contributed by atoms with van der Waals surface area (Å²) in [6.07, 6.45) is 1.77. The predicted octanol–water partition coefficient (Wildman–Crippen LogP) is 4.69. The van der Waals surface area contributed by atoms with E-state index < -0.39 is 0 Å². The van der Waals surface area contributed by atoms with E-state index in [-0.39, 0.29) is 0 Å². The Morgan fingerprint density at radius 2 is 1.58 bits per heavy atom. The first kappa shape index (κ1) is 16.3. The third kappa shape index (κ3) is 2.84. The smallest absolute Gasteiger partial charge is 0.310 e. The molecule has 0 spiro atoms. The monoisotopic (exact) mass is 344 g/mol. The molecular weight excluding hydrogens is 322 g/mol. The van der Waals surface area contributed by atoms with Crippen molar-refractivity contribution in [3.05, 3.63) is 67.0 Å². The molecule has 4 heteroatoms. The fourth-order valence-electron chi connectivity index (χ4n) is 3.29. The highest BCUT2D eigenvalue weighted by molar-refractivity contribution is 6.04. The molecule has 0 fully saturated rings. The van der Waals surface area contributed by atoms with Crippen LogP contribution in [0.5, 0.6) is 0 Å². The quantitative estimate of drug-likeness (QED) is 0.547. The van der Waals surface area contributed by atoms with E-state index in [4.69, 9.17) is 10.2 Å². The van der Waals surface area contributed by atoms with E-state index in [9.17, 15) is 0 Å². The number of nitrogen functional groups attached to an aromatic ring is 1. The van der Waals surface area contributed by atoms with Crippen LogP contribution < -0.4 is 10.3 Å². The molecule has 0 atom stereocenters. The van der Waals surface area contributed by atoms with Gasteiger partial charge in [0.15, 0.2) is 0 Å². The lowest BCUT2D eigenvalue weighted by atomic mass is 9.99. The number of hydrogen-bond donors (Lipinski definition) is 1. The fraction of sp³-hybridized carbons (Fsp3) is 0.182. The Bertz CT molecular complexity index is 1040. The maximum Gasteiger partial charge on any atom is 0.310 e. The summed E-state index contributed by atoms with van der Waals surface area (Å²) in [6, 6.07) is 20.3. The Hall–Kier alpha value is -3.14. The van der Waals surface area contributed by atoms with E-state index in [0.29, 0.717) is 17.4 Å². The van der Waals surface area contributed by atoms with Crippen molar-refractivity contribution in [1.29, 1.82) is 0 Å². The van der Waals surface area contributed by atoms with E-state index in [1.54, 1.807) is 6.33 Å². The molecule has 26 heavy (non-hydrogen) atoms. The molecule has 2 heterocycles. The highest BCUT2D eigenvalue weighted by atomic mass is 16.3. The Balaban J connectivity index is 2.05. The van der Waals surface area contributed by atoms with Crippen LogP contribution in [0.4, 0.5) is 5.82 Å². The number of furan rings is 1. The average molecular weight is 344 g/mol. The maximum atomic E-state index is 6.56. The van der Waals surface area contributed by atoms with Crippen LogP contribution in [-0.4, -0.2) is 4.98 Å². The molecule has 0 saturated carbocycles. The van der Waals surface area contributed by atoms with Crippen LogP contribution in [0.3, 0.4) is 0 Å². The summed E-state index contributed by atoms with van der Waals surface area (Å²) in [6.45, 7) is 5.15. The van der Waals surface area contributed by atoms with Crippen LogP contribution in [0.25, 0.3) is 33.6 Å². The molecule has 4 aromatic rings. The summed E-state index contributed by atoms with van der Waals surface area (Å²) in [4.78, 5) is 4.54. The van der Waals surface area contributed by atoms with Crippen molar-refractivity contribution in [2.45, 2.75) is 20.4 Å². The van der Waals surface area contributed by atoms with Gasteiger partial charge in [0, 0.05) is 11.1 Å². The number of anilines is 1. The lowest BCUT2D eigenvalue weighted by Gasteiger charge is -2.08. The highest BCUT2D eigenvalue weighted by Gasteiger charge is 2.25. The van der Waals surface area contributed by atoms with Crippen molar-refractivity contribution in [3.63, 3.8) is 0 Å². The summed E-state index contributed by atoms with van der Waals surface area (Å²) in [5.41, 5.74) is 10.2. The average Bonchev–Trinajstić information content (AvgIpc) is 3.05. The summed E-state index contributed by atoms with van der Waals surface area (Å²) >= 11 is 0. The summed E-state index contributed by atoms with van der Waals surface area (Å²) in [7, 11) is 0. The van der Waals surface area contributed by atoms with E-state index in [1.165, 1.54) is 0 Å². The molecule has 2 aromatic heterocycles. The van der Waals surface area contributed by atoms with Gasteiger partial charge in [-0.25, -0.2) is 4.57 Å². The third-order valence-corrected chi connectivity index (χ3v) is 4.43. The van der Waals surface area contributed by atoms with Gasteiger partial charge in [-0.2, -0.15) is 0 Å². The molecule has 0 radical (unpaired) electrons. The van der Waals surface area contributed by atoms with Gasteiger partial charge in [-0.15, -0.1) is 0 Å². The second-order valence-electron chi connectivity index (χ2n) is 6.89. The number of aromatic nitrogens is 2. The van der Waals surface area contributed by atoms with Gasteiger partial charge < -0.3 is 10.2 Å². The molecule has 2 aromatic carbocycles. The zero-order valence-electron chi connectivity index (χ0n) is 15.0. The van der Waals surface area contributed by atoms with Crippen molar-refractivity contribution in [3.8, 4) is 22.5 Å². The van der Waals surface area contributed by atoms with Crippen molar-refractivity contribution in [1.82, 2.24) is 4.98 Å². The molecule has 2 N–H and O–H groups in total. The zero-order chi connectivity index (χ0) is 18.1. The zero-order valence-corrected chi connectivity index (χ0v) is 15.0. The summed E-state index contributed by atoms with van der Waals surface area (Å²) in [5, 5.41) is 0.873. The largest absolute Gasteiger partial charge is 0.425 e. The molecular formula is C22H22N3O+. The SMILES string of the molecule is CC(C)C[n+]1cnc2oc(-c3ccccc3)c(-c3ccccc3)c2c1N. The van der Waals surface area contributed by atoms with E-state index in [0.717, 1.165) is 34.4 Å². The van der Waals surface area contributed by atoms with Crippen LogP contribution in [0.15, 0.2) is 71.4 Å².